The molecule has 1 N–H and O–H groups in total. The predicted octanol–water partition coefficient (Wildman–Crippen LogP) is 3.39. The average molecular weight is 208 g/mol. The van der Waals surface area contributed by atoms with Crippen molar-refractivity contribution in [3.63, 3.8) is 0 Å². The number of H-pyrrole nitrogens is 1. The van der Waals surface area contributed by atoms with E-state index < -0.39 is 0 Å². The van der Waals surface area contributed by atoms with E-state index in [2.05, 4.69) is 11.1 Å². The minimum atomic E-state index is 0.669. The molecule has 1 aromatic carbocycles. The van der Waals surface area contributed by atoms with Crippen LogP contribution in [0.4, 0.5) is 0 Å². The molecule has 0 radical (unpaired) electrons. The molecule has 0 aliphatic carbocycles. The Labute approximate surface area is 94.9 Å². The molecular formula is C14H12N2. The van der Waals surface area contributed by atoms with Gasteiger partial charge in [-0.15, -0.1) is 0 Å². The summed E-state index contributed by atoms with van der Waals surface area (Å²) in [7, 11) is 0. The third-order valence-corrected chi connectivity index (χ3v) is 2.40. The van der Waals surface area contributed by atoms with Crippen LogP contribution in [0.25, 0.3) is 11.6 Å². The summed E-state index contributed by atoms with van der Waals surface area (Å²) >= 11 is 0. The zero-order valence-corrected chi connectivity index (χ0v) is 9.07. The lowest BCUT2D eigenvalue weighted by atomic mass is 10.0. The van der Waals surface area contributed by atoms with Crippen LogP contribution in [-0.2, 0) is 0 Å². The number of benzene rings is 1. The highest BCUT2D eigenvalue weighted by Gasteiger charge is 2.00. The molecule has 0 unspecified atom stereocenters. The van der Waals surface area contributed by atoms with Gasteiger partial charge in [0.05, 0.1) is 11.6 Å². The van der Waals surface area contributed by atoms with Gasteiger partial charge in [-0.05, 0) is 30.7 Å². The summed E-state index contributed by atoms with van der Waals surface area (Å²) in [5, 5.41) is 9.12. The molecule has 2 aromatic rings. The maximum atomic E-state index is 9.12. The number of aromatic nitrogens is 1. The first-order valence-corrected chi connectivity index (χ1v) is 5.12. The molecule has 16 heavy (non-hydrogen) atoms. The molecular weight excluding hydrogens is 196 g/mol. The van der Waals surface area contributed by atoms with Crippen molar-refractivity contribution >= 4 is 11.6 Å². The quantitative estimate of drug-likeness (QED) is 0.755. The normalized spacial score (nSPS) is 11.1. The Morgan fingerprint density at radius 2 is 2.00 bits per heavy atom. The van der Waals surface area contributed by atoms with E-state index in [9.17, 15) is 0 Å². The number of hydrogen-bond acceptors (Lipinski definition) is 1. The van der Waals surface area contributed by atoms with E-state index in [-0.39, 0.29) is 0 Å². The number of hydrogen-bond donors (Lipinski definition) is 1. The smallest absolute Gasteiger partial charge is 0.0998 e. The van der Waals surface area contributed by atoms with Gasteiger partial charge < -0.3 is 4.98 Å². The second-order valence-corrected chi connectivity index (χ2v) is 3.66. The van der Waals surface area contributed by atoms with E-state index in [1.807, 2.05) is 55.6 Å². The second kappa shape index (κ2) is 4.50. The van der Waals surface area contributed by atoms with Gasteiger partial charge in [-0.25, -0.2) is 0 Å². The van der Waals surface area contributed by atoms with Crippen molar-refractivity contribution in [2.75, 3.05) is 0 Å². The fourth-order valence-corrected chi connectivity index (χ4v) is 1.50. The van der Waals surface area contributed by atoms with E-state index >= 15 is 0 Å². The van der Waals surface area contributed by atoms with Crippen LogP contribution in [0.15, 0.2) is 42.6 Å². The van der Waals surface area contributed by atoms with Crippen LogP contribution < -0.4 is 0 Å². The van der Waals surface area contributed by atoms with E-state index in [4.69, 9.17) is 5.26 Å². The predicted molar refractivity (Wildman–Crippen MR) is 65.5 cm³/mol. The fourth-order valence-electron chi connectivity index (χ4n) is 1.50. The summed E-state index contributed by atoms with van der Waals surface area (Å²) in [6.45, 7) is 2.03. The Morgan fingerprint density at radius 3 is 2.56 bits per heavy atom. The monoisotopic (exact) mass is 208 g/mol. The maximum Gasteiger partial charge on any atom is 0.0998 e. The molecule has 0 aliphatic heterocycles. The van der Waals surface area contributed by atoms with E-state index in [1.165, 1.54) is 5.56 Å². The molecule has 0 atom stereocenters. The summed E-state index contributed by atoms with van der Waals surface area (Å²) < 4.78 is 0. The highest BCUT2D eigenvalue weighted by molar-refractivity contribution is 5.88. The lowest BCUT2D eigenvalue weighted by Crippen LogP contribution is -1.82. The van der Waals surface area contributed by atoms with Crippen molar-refractivity contribution in [3.05, 3.63) is 59.4 Å². The first kappa shape index (κ1) is 10.3. The lowest BCUT2D eigenvalue weighted by Gasteiger charge is -1.99. The number of nitriles is 1. The molecule has 78 valence electrons. The summed E-state index contributed by atoms with van der Waals surface area (Å²) in [6.07, 6.45) is 3.70. The highest BCUT2D eigenvalue weighted by atomic mass is 14.7. The SMILES string of the molecule is Cc1ccc(/C(C#N)=C/c2ccc[nH]2)cc1. The maximum absolute atomic E-state index is 9.12. The Morgan fingerprint density at radius 1 is 1.25 bits per heavy atom. The van der Waals surface area contributed by atoms with Gasteiger partial charge in [-0.1, -0.05) is 29.8 Å². The van der Waals surface area contributed by atoms with Crippen molar-refractivity contribution in [2.45, 2.75) is 6.92 Å². The molecule has 0 fully saturated rings. The molecule has 0 amide bonds. The minimum absolute atomic E-state index is 0.669. The van der Waals surface area contributed by atoms with Gasteiger partial charge in [-0.3, -0.25) is 0 Å². The molecule has 0 spiro atoms. The van der Waals surface area contributed by atoms with Crippen molar-refractivity contribution < 1.29 is 0 Å². The average Bonchev–Trinajstić information content (AvgIpc) is 2.80. The number of nitrogens with zero attached hydrogens (tertiary/aromatic N) is 1. The van der Waals surface area contributed by atoms with Crippen molar-refractivity contribution in [2.24, 2.45) is 0 Å². The van der Waals surface area contributed by atoms with Crippen LogP contribution in [0.1, 0.15) is 16.8 Å². The first-order valence-electron chi connectivity index (χ1n) is 5.12. The van der Waals surface area contributed by atoms with Crippen LogP contribution in [0.3, 0.4) is 0 Å². The van der Waals surface area contributed by atoms with Gasteiger partial charge in [0.25, 0.3) is 0 Å². The topological polar surface area (TPSA) is 39.6 Å². The van der Waals surface area contributed by atoms with E-state index in [0.717, 1.165) is 11.3 Å². The van der Waals surface area contributed by atoms with Crippen molar-refractivity contribution in [1.29, 1.82) is 5.26 Å². The van der Waals surface area contributed by atoms with E-state index in [0.29, 0.717) is 5.57 Å². The van der Waals surface area contributed by atoms with Gasteiger partial charge in [0, 0.05) is 11.9 Å². The molecule has 2 heteroatoms. The van der Waals surface area contributed by atoms with Gasteiger partial charge in [0.15, 0.2) is 0 Å². The van der Waals surface area contributed by atoms with Gasteiger partial charge in [-0.2, -0.15) is 5.26 Å². The van der Waals surface area contributed by atoms with Crippen molar-refractivity contribution in [3.8, 4) is 6.07 Å². The molecule has 0 saturated carbocycles. The number of nitrogens with one attached hydrogen (secondary N) is 1. The Kier molecular flexibility index (Phi) is 2.88. The Bertz CT molecular complexity index is 525. The molecule has 0 bridgehead atoms. The summed E-state index contributed by atoms with van der Waals surface area (Å²) in [5.74, 6) is 0. The lowest BCUT2D eigenvalue weighted by molar-refractivity contribution is 1.37. The fraction of sp³-hybridized carbons (Fsp3) is 0.0714. The van der Waals surface area contributed by atoms with Gasteiger partial charge in [0.1, 0.15) is 0 Å². The number of aromatic amines is 1. The summed E-state index contributed by atoms with van der Waals surface area (Å²) in [4.78, 5) is 3.06. The molecule has 1 aromatic heterocycles. The van der Waals surface area contributed by atoms with Crippen molar-refractivity contribution in [1.82, 2.24) is 4.98 Å². The molecule has 1 heterocycles. The number of allylic oxidation sites excluding steroid dienone is 1. The number of aryl methyl sites for hydroxylation is 1. The largest absolute Gasteiger partial charge is 0.362 e. The Balaban J connectivity index is 2.37. The molecule has 0 aliphatic rings. The van der Waals surface area contributed by atoms with Crippen LogP contribution >= 0.6 is 0 Å². The molecule has 0 saturated heterocycles. The first-order chi connectivity index (χ1) is 7.79. The van der Waals surface area contributed by atoms with E-state index in [1.54, 1.807) is 0 Å². The van der Waals surface area contributed by atoms with Crippen LogP contribution in [0.2, 0.25) is 0 Å². The number of rotatable bonds is 2. The van der Waals surface area contributed by atoms with Crippen LogP contribution in [0.5, 0.6) is 0 Å². The van der Waals surface area contributed by atoms with Crippen LogP contribution in [-0.4, -0.2) is 4.98 Å². The van der Waals surface area contributed by atoms with Crippen LogP contribution in [0, 0.1) is 18.3 Å². The highest BCUT2D eigenvalue weighted by Crippen LogP contribution is 2.17. The summed E-state index contributed by atoms with van der Waals surface area (Å²) in [6, 6.07) is 14.0. The van der Waals surface area contributed by atoms with Gasteiger partial charge in [0.2, 0.25) is 0 Å². The zero-order valence-electron chi connectivity index (χ0n) is 9.07. The zero-order chi connectivity index (χ0) is 11.4. The third-order valence-electron chi connectivity index (χ3n) is 2.40. The third kappa shape index (κ3) is 2.21. The Hall–Kier alpha value is -2.27. The standard InChI is InChI=1S/C14H12N2/c1-11-4-6-12(7-5-11)13(10-15)9-14-3-2-8-16-14/h2-9,16H,1H3/b13-9+. The second-order valence-electron chi connectivity index (χ2n) is 3.66. The molecule has 2 rings (SSSR count). The van der Waals surface area contributed by atoms with Gasteiger partial charge >= 0.3 is 0 Å². The minimum Gasteiger partial charge on any atom is -0.362 e. The molecule has 2 nitrogen and oxygen atoms in total. The summed E-state index contributed by atoms with van der Waals surface area (Å²) in [5.41, 5.74) is 3.75.